The van der Waals surface area contributed by atoms with Gasteiger partial charge >= 0.3 is 0 Å². The molecular formula is C7H14N2O3S. The van der Waals surface area contributed by atoms with E-state index in [1.165, 1.54) is 4.90 Å². The zero-order chi connectivity index (χ0) is 10.1. The minimum Gasteiger partial charge on any atom is -0.340 e. The van der Waals surface area contributed by atoms with Gasteiger partial charge in [0.1, 0.15) is 5.75 Å². The normalized spacial score (nSPS) is 23.5. The first-order chi connectivity index (χ1) is 5.88. The monoisotopic (exact) mass is 206 g/mol. The van der Waals surface area contributed by atoms with Gasteiger partial charge in [0.05, 0.1) is 0 Å². The number of nitrogens with two attached hydrogens (primary N) is 1. The van der Waals surface area contributed by atoms with Crippen molar-refractivity contribution in [1.29, 1.82) is 0 Å². The number of carbonyl (C=O) groups excluding carboxylic acids is 1. The van der Waals surface area contributed by atoms with E-state index in [-0.39, 0.29) is 11.9 Å². The minimum atomic E-state index is -3.21. The first kappa shape index (κ1) is 10.5. The van der Waals surface area contributed by atoms with E-state index < -0.39 is 15.6 Å². The van der Waals surface area contributed by atoms with Crippen molar-refractivity contribution in [1.82, 2.24) is 4.90 Å². The highest BCUT2D eigenvalue weighted by Crippen LogP contribution is 2.07. The van der Waals surface area contributed by atoms with E-state index >= 15 is 0 Å². The van der Waals surface area contributed by atoms with E-state index in [9.17, 15) is 13.2 Å². The van der Waals surface area contributed by atoms with E-state index in [1.54, 1.807) is 0 Å². The van der Waals surface area contributed by atoms with Crippen LogP contribution in [0, 0.1) is 0 Å². The summed E-state index contributed by atoms with van der Waals surface area (Å²) in [6.07, 6.45) is 1.82. The second kappa shape index (κ2) is 3.63. The molecule has 1 heterocycles. The van der Waals surface area contributed by atoms with E-state index in [0.29, 0.717) is 13.1 Å². The Bertz CT molecular complexity index is 299. The molecule has 1 fully saturated rings. The quantitative estimate of drug-likeness (QED) is 0.602. The molecule has 1 atom stereocenters. The van der Waals surface area contributed by atoms with Gasteiger partial charge in [0, 0.05) is 25.4 Å². The van der Waals surface area contributed by atoms with Gasteiger partial charge in [-0.15, -0.1) is 0 Å². The first-order valence-electron chi connectivity index (χ1n) is 4.09. The molecule has 0 aliphatic carbocycles. The standard InChI is InChI=1S/C7H14N2O3S/c1-13(11,12)5-7(10)9-3-2-6(8)4-9/h6H,2-5,8H2,1H3. The van der Waals surface area contributed by atoms with Crippen molar-refractivity contribution in [2.75, 3.05) is 25.1 Å². The fourth-order valence-corrected chi connectivity index (χ4v) is 1.96. The second-order valence-corrected chi connectivity index (χ2v) is 5.60. The van der Waals surface area contributed by atoms with E-state index in [2.05, 4.69) is 0 Å². The average Bonchev–Trinajstić information content (AvgIpc) is 2.31. The van der Waals surface area contributed by atoms with Gasteiger partial charge in [0.2, 0.25) is 5.91 Å². The summed E-state index contributed by atoms with van der Waals surface area (Å²) in [7, 11) is -3.21. The Morgan fingerprint density at radius 2 is 2.23 bits per heavy atom. The van der Waals surface area contributed by atoms with E-state index in [0.717, 1.165) is 12.7 Å². The lowest BCUT2D eigenvalue weighted by Crippen LogP contribution is -2.35. The van der Waals surface area contributed by atoms with Crippen molar-refractivity contribution in [2.24, 2.45) is 5.73 Å². The number of rotatable bonds is 2. The van der Waals surface area contributed by atoms with Gasteiger partial charge in [0.15, 0.2) is 9.84 Å². The second-order valence-electron chi connectivity index (χ2n) is 3.46. The zero-order valence-electron chi connectivity index (χ0n) is 7.56. The molecule has 1 rings (SSSR count). The molecule has 5 nitrogen and oxygen atoms in total. The third-order valence-electron chi connectivity index (χ3n) is 1.96. The lowest BCUT2D eigenvalue weighted by Gasteiger charge is -2.14. The molecule has 0 aromatic rings. The predicted octanol–water partition coefficient (Wildman–Crippen LogP) is -1.41. The van der Waals surface area contributed by atoms with Crippen molar-refractivity contribution in [3.63, 3.8) is 0 Å². The summed E-state index contributed by atoms with van der Waals surface area (Å²) in [5, 5.41) is 0. The molecule has 13 heavy (non-hydrogen) atoms. The van der Waals surface area contributed by atoms with Crippen LogP contribution in [-0.2, 0) is 14.6 Å². The molecule has 1 unspecified atom stereocenters. The van der Waals surface area contributed by atoms with Crippen molar-refractivity contribution in [3.05, 3.63) is 0 Å². The van der Waals surface area contributed by atoms with Crippen molar-refractivity contribution < 1.29 is 13.2 Å². The fourth-order valence-electron chi connectivity index (χ4n) is 1.33. The lowest BCUT2D eigenvalue weighted by molar-refractivity contribution is -0.127. The zero-order valence-corrected chi connectivity index (χ0v) is 8.38. The smallest absolute Gasteiger partial charge is 0.237 e. The number of amides is 1. The molecule has 1 aliphatic rings. The maximum Gasteiger partial charge on any atom is 0.237 e. The van der Waals surface area contributed by atoms with Crippen LogP contribution in [0.1, 0.15) is 6.42 Å². The summed E-state index contributed by atoms with van der Waals surface area (Å²) in [6.45, 7) is 1.06. The van der Waals surface area contributed by atoms with Gasteiger partial charge in [-0.05, 0) is 6.42 Å². The third kappa shape index (κ3) is 3.31. The molecule has 0 aromatic carbocycles. The highest BCUT2D eigenvalue weighted by atomic mass is 32.2. The molecule has 2 N–H and O–H groups in total. The van der Waals surface area contributed by atoms with Gasteiger partial charge in [-0.25, -0.2) is 8.42 Å². The Morgan fingerprint density at radius 3 is 2.62 bits per heavy atom. The summed E-state index contributed by atoms with van der Waals surface area (Å²) in [5.41, 5.74) is 5.58. The van der Waals surface area contributed by atoms with Crippen molar-refractivity contribution in [2.45, 2.75) is 12.5 Å². The average molecular weight is 206 g/mol. The van der Waals surface area contributed by atoms with Gasteiger partial charge in [0.25, 0.3) is 0 Å². The Morgan fingerprint density at radius 1 is 1.62 bits per heavy atom. The van der Waals surface area contributed by atoms with Crippen LogP contribution in [0.4, 0.5) is 0 Å². The molecule has 1 aliphatic heterocycles. The molecule has 0 saturated carbocycles. The minimum absolute atomic E-state index is 0.00325. The molecule has 1 saturated heterocycles. The van der Waals surface area contributed by atoms with Crippen LogP contribution in [0.5, 0.6) is 0 Å². The largest absolute Gasteiger partial charge is 0.340 e. The van der Waals surface area contributed by atoms with Crippen LogP contribution in [0.2, 0.25) is 0 Å². The molecular weight excluding hydrogens is 192 g/mol. The number of carbonyl (C=O) groups is 1. The van der Waals surface area contributed by atoms with Crippen LogP contribution in [0.15, 0.2) is 0 Å². The lowest BCUT2D eigenvalue weighted by atomic mass is 10.3. The van der Waals surface area contributed by atoms with Crippen LogP contribution in [0.3, 0.4) is 0 Å². The number of likely N-dealkylation sites (tertiary alicyclic amines) is 1. The van der Waals surface area contributed by atoms with Crippen molar-refractivity contribution >= 4 is 15.7 Å². The maximum atomic E-state index is 11.3. The summed E-state index contributed by atoms with van der Waals surface area (Å²) >= 11 is 0. The molecule has 0 aromatic heterocycles. The Kier molecular flexibility index (Phi) is 2.92. The number of nitrogens with zero attached hydrogens (tertiary/aromatic N) is 1. The number of hydrogen-bond acceptors (Lipinski definition) is 4. The van der Waals surface area contributed by atoms with Gasteiger partial charge in [-0.3, -0.25) is 4.79 Å². The first-order valence-corrected chi connectivity index (χ1v) is 6.15. The Labute approximate surface area is 77.8 Å². The van der Waals surface area contributed by atoms with Crippen LogP contribution < -0.4 is 5.73 Å². The van der Waals surface area contributed by atoms with Crippen molar-refractivity contribution in [3.8, 4) is 0 Å². The molecule has 0 spiro atoms. The summed E-state index contributed by atoms with van der Waals surface area (Å²) in [6, 6.07) is 0.00325. The molecule has 1 amide bonds. The Balaban J connectivity index is 2.50. The van der Waals surface area contributed by atoms with Crippen LogP contribution >= 0.6 is 0 Å². The van der Waals surface area contributed by atoms with Crippen LogP contribution in [0.25, 0.3) is 0 Å². The van der Waals surface area contributed by atoms with Gasteiger partial charge in [-0.1, -0.05) is 0 Å². The molecule has 76 valence electrons. The van der Waals surface area contributed by atoms with Crippen LogP contribution in [-0.4, -0.2) is 50.4 Å². The van der Waals surface area contributed by atoms with Gasteiger partial charge in [-0.2, -0.15) is 0 Å². The summed E-state index contributed by atoms with van der Waals surface area (Å²) in [5.74, 6) is -0.741. The van der Waals surface area contributed by atoms with E-state index in [1.807, 2.05) is 0 Å². The highest BCUT2D eigenvalue weighted by molar-refractivity contribution is 7.91. The highest BCUT2D eigenvalue weighted by Gasteiger charge is 2.25. The summed E-state index contributed by atoms with van der Waals surface area (Å²) in [4.78, 5) is 12.8. The molecule has 0 bridgehead atoms. The third-order valence-corrected chi connectivity index (χ3v) is 2.73. The predicted molar refractivity (Wildman–Crippen MR) is 48.9 cm³/mol. The SMILES string of the molecule is CS(=O)(=O)CC(=O)N1CCC(N)C1. The maximum absolute atomic E-state index is 11.3. The van der Waals surface area contributed by atoms with E-state index in [4.69, 9.17) is 5.73 Å². The number of hydrogen-bond donors (Lipinski definition) is 1. The topological polar surface area (TPSA) is 80.5 Å². The summed E-state index contributed by atoms with van der Waals surface area (Å²) < 4.78 is 21.6. The Hall–Kier alpha value is -0.620. The van der Waals surface area contributed by atoms with Gasteiger partial charge < -0.3 is 10.6 Å². The molecule has 6 heteroatoms. The molecule has 0 radical (unpaired) electrons. The number of sulfone groups is 1. The fraction of sp³-hybridized carbons (Fsp3) is 0.857.